The molecule has 5 nitrogen and oxygen atoms in total. The average Bonchev–Trinajstić information content (AvgIpc) is 2.60. The van der Waals surface area contributed by atoms with Crippen molar-refractivity contribution in [3.05, 3.63) is 11.6 Å². The van der Waals surface area contributed by atoms with Crippen LogP contribution in [0.4, 0.5) is 0 Å². The highest BCUT2D eigenvalue weighted by atomic mass is 35.5. The van der Waals surface area contributed by atoms with E-state index < -0.39 is 5.92 Å². The summed E-state index contributed by atoms with van der Waals surface area (Å²) in [5.41, 5.74) is 0. The van der Waals surface area contributed by atoms with Gasteiger partial charge in [0.1, 0.15) is 5.82 Å². The Morgan fingerprint density at radius 3 is 3.00 bits per heavy atom. The van der Waals surface area contributed by atoms with E-state index in [1.165, 1.54) is 0 Å². The highest BCUT2D eigenvalue weighted by Crippen LogP contribution is 2.20. The van der Waals surface area contributed by atoms with Gasteiger partial charge in [-0.3, -0.25) is 4.79 Å². The van der Waals surface area contributed by atoms with Gasteiger partial charge in [0, 0.05) is 13.0 Å². The van der Waals surface area contributed by atoms with Gasteiger partial charge < -0.3 is 4.57 Å². The van der Waals surface area contributed by atoms with Gasteiger partial charge in [0.2, 0.25) is 0 Å². The standard InChI is InChI=1S/C11H13ClN4O/c12-6-9(17)8(7-13)11-15-14-10-4-2-1-3-5-16(10)11/h8H,1-6H2/t8-/m0/s1. The minimum Gasteiger partial charge on any atom is -0.313 e. The van der Waals surface area contributed by atoms with E-state index in [4.69, 9.17) is 16.9 Å². The monoisotopic (exact) mass is 252 g/mol. The summed E-state index contributed by atoms with van der Waals surface area (Å²) in [6, 6.07) is 1.97. The second-order valence-electron chi connectivity index (χ2n) is 4.10. The van der Waals surface area contributed by atoms with Gasteiger partial charge >= 0.3 is 0 Å². The van der Waals surface area contributed by atoms with Crippen molar-refractivity contribution < 1.29 is 4.79 Å². The molecule has 0 saturated carbocycles. The predicted molar refractivity (Wildman–Crippen MR) is 61.7 cm³/mol. The number of halogens is 1. The molecule has 1 aromatic heterocycles. The molecule has 1 aromatic rings. The van der Waals surface area contributed by atoms with E-state index in [0.29, 0.717) is 5.82 Å². The maximum atomic E-state index is 11.6. The zero-order chi connectivity index (χ0) is 12.3. The molecule has 0 spiro atoms. The number of nitrogens with zero attached hydrogens (tertiary/aromatic N) is 4. The first-order valence-corrected chi connectivity index (χ1v) is 6.21. The maximum absolute atomic E-state index is 11.6. The van der Waals surface area contributed by atoms with Gasteiger partial charge in [-0.1, -0.05) is 6.42 Å². The van der Waals surface area contributed by atoms with Crippen LogP contribution in [0.3, 0.4) is 0 Å². The molecule has 0 fully saturated rings. The molecule has 0 amide bonds. The molecule has 0 saturated heterocycles. The Hall–Kier alpha value is -1.41. The van der Waals surface area contributed by atoms with Gasteiger partial charge in [0.25, 0.3) is 0 Å². The summed E-state index contributed by atoms with van der Waals surface area (Å²) >= 11 is 5.50. The summed E-state index contributed by atoms with van der Waals surface area (Å²) < 4.78 is 1.91. The fourth-order valence-corrected chi connectivity index (χ4v) is 2.23. The number of aromatic nitrogens is 3. The Bertz CT molecular complexity index is 463. The Labute approximate surface area is 104 Å². The first-order chi connectivity index (χ1) is 8.27. The van der Waals surface area contributed by atoms with E-state index in [2.05, 4.69) is 10.2 Å². The van der Waals surface area contributed by atoms with Gasteiger partial charge in [-0.15, -0.1) is 21.8 Å². The molecule has 0 aliphatic carbocycles. The van der Waals surface area contributed by atoms with Gasteiger partial charge in [-0.2, -0.15) is 5.26 Å². The van der Waals surface area contributed by atoms with Gasteiger partial charge in [0.15, 0.2) is 17.5 Å². The van der Waals surface area contributed by atoms with Crippen LogP contribution in [-0.4, -0.2) is 26.4 Å². The molecule has 0 radical (unpaired) electrons. The lowest BCUT2D eigenvalue weighted by molar-refractivity contribution is -0.117. The van der Waals surface area contributed by atoms with Crippen molar-refractivity contribution in [1.82, 2.24) is 14.8 Å². The van der Waals surface area contributed by atoms with Gasteiger partial charge in [-0.05, 0) is 12.8 Å². The van der Waals surface area contributed by atoms with E-state index in [-0.39, 0.29) is 11.7 Å². The number of alkyl halides is 1. The SMILES string of the molecule is N#C[C@@H](C(=O)CCl)c1nnc2n1CCCCC2. The lowest BCUT2D eigenvalue weighted by Gasteiger charge is -2.09. The van der Waals surface area contributed by atoms with E-state index in [1.807, 2.05) is 10.6 Å². The van der Waals surface area contributed by atoms with Crippen LogP contribution in [0.1, 0.15) is 36.8 Å². The quantitative estimate of drug-likeness (QED) is 0.763. The van der Waals surface area contributed by atoms with Crippen LogP contribution >= 0.6 is 11.6 Å². The molecule has 2 rings (SSSR count). The first-order valence-electron chi connectivity index (χ1n) is 5.68. The van der Waals surface area contributed by atoms with E-state index >= 15 is 0 Å². The number of fused-ring (bicyclic) bond motifs is 1. The number of hydrogen-bond acceptors (Lipinski definition) is 4. The summed E-state index contributed by atoms with van der Waals surface area (Å²) in [4.78, 5) is 11.6. The molecule has 90 valence electrons. The van der Waals surface area contributed by atoms with Crippen LogP contribution in [0.5, 0.6) is 0 Å². The van der Waals surface area contributed by atoms with Gasteiger partial charge in [0.05, 0.1) is 11.9 Å². The molecule has 1 aliphatic rings. The molecule has 2 heterocycles. The number of Topliss-reactive ketones (excluding diaryl/α,β-unsaturated/α-hetero) is 1. The van der Waals surface area contributed by atoms with Crippen LogP contribution in [0.15, 0.2) is 0 Å². The number of aryl methyl sites for hydroxylation is 1. The van der Waals surface area contributed by atoms with Crippen molar-refractivity contribution in [2.75, 3.05) is 5.88 Å². The molecule has 0 N–H and O–H groups in total. The molecule has 1 atom stereocenters. The van der Waals surface area contributed by atoms with Crippen molar-refractivity contribution in [3.8, 4) is 6.07 Å². The van der Waals surface area contributed by atoms with E-state index in [0.717, 1.165) is 38.1 Å². The molecule has 6 heteroatoms. The fraction of sp³-hybridized carbons (Fsp3) is 0.636. The Balaban J connectivity index is 2.35. The minimum absolute atomic E-state index is 0.166. The third-order valence-electron chi connectivity index (χ3n) is 2.98. The van der Waals surface area contributed by atoms with Crippen molar-refractivity contribution >= 4 is 17.4 Å². The molecular weight excluding hydrogens is 240 g/mol. The summed E-state index contributed by atoms with van der Waals surface area (Å²) in [7, 11) is 0. The van der Waals surface area contributed by atoms with Crippen molar-refractivity contribution in [3.63, 3.8) is 0 Å². The lowest BCUT2D eigenvalue weighted by atomic mass is 10.1. The predicted octanol–water partition coefficient (Wildman–Crippen LogP) is 1.42. The maximum Gasteiger partial charge on any atom is 0.172 e. The van der Waals surface area contributed by atoms with Crippen molar-refractivity contribution in [2.45, 2.75) is 38.1 Å². The van der Waals surface area contributed by atoms with Crippen LogP contribution in [0.25, 0.3) is 0 Å². The van der Waals surface area contributed by atoms with E-state index in [1.54, 1.807) is 0 Å². The number of nitriles is 1. The highest BCUT2D eigenvalue weighted by molar-refractivity contribution is 6.28. The summed E-state index contributed by atoms with van der Waals surface area (Å²) in [5, 5.41) is 17.1. The molecule has 1 aliphatic heterocycles. The third kappa shape index (κ3) is 2.32. The largest absolute Gasteiger partial charge is 0.313 e. The topological polar surface area (TPSA) is 71.6 Å². The third-order valence-corrected chi connectivity index (χ3v) is 3.24. The Morgan fingerprint density at radius 2 is 2.29 bits per heavy atom. The van der Waals surface area contributed by atoms with Crippen LogP contribution in [0.2, 0.25) is 0 Å². The first kappa shape index (κ1) is 12.1. The molecule has 0 bridgehead atoms. The molecular formula is C11H13ClN4O. The van der Waals surface area contributed by atoms with Crippen molar-refractivity contribution in [1.29, 1.82) is 5.26 Å². The number of carbonyl (C=O) groups excluding carboxylic acids is 1. The number of ketones is 1. The zero-order valence-electron chi connectivity index (χ0n) is 9.40. The Morgan fingerprint density at radius 1 is 1.47 bits per heavy atom. The Kier molecular flexibility index (Phi) is 3.75. The van der Waals surface area contributed by atoms with Crippen LogP contribution in [-0.2, 0) is 17.8 Å². The average molecular weight is 253 g/mol. The second kappa shape index (κ2) is 5.28. The number of carbonyl (C=O) groups is 1. The van der Waals surface area contributed by atoms with E-state index in [9.17, 15) is 4.79 Å². The minimum atomic E-state index is -0.883. The number of rotatable bonds is 3. The van der Waals surface area contributed by atoms with Crippen LogP contribution < -0.4 is 0 Å². The van der Waals surface area contributed by atoms with Gasteiger partial charge in [-0.25, -0.2) is 0 Å². The zero-order valence-corrected chi connectivity index (χ0v) is 10.2. The normalized spacial score (nSPS) is 16.7. The van der Waals surface area contributed by atoms with Crippen molar-refractivity contribution in [2.24, 2.45) is 0 Å². The smallest absolute Gasteiger partial charge is 0.172 e. The summed E-state index contributed by atoms with van der Waals surface area (Å²) in [6.07, 6.45) is 4.12. The summed E-state index contributed by atoms with van der Waals surface area (Å²) in [5.74, 6) is -0.0314. The summed E-state index contributed by atoms with van der Waals surface area (Å²) in [6.45, 7) is 0.783. The highest BCUT2D eigenvalue weighted by Gasteiger charge is 2.27. The fourth-order valence-electron chi connectivity index (χ4n) is 2.07. The molecule has 0 unspecified atom stereocenters. The number of hydrogen-bond donors (Lipinski definition) is 0. The lowest BCUT2D eigenvalue weighted by Crippen LogP contribution is -2.18. The molecule has 17 heavy (non-hydrogen) atoms. The van der Waals surface area contributed by atoms with Crippen LogP contribution in [0, 0.1) is 11.3 Å². The second-order valence-corrected chi connectivity index (χ2v) is 4.37. The molecule has 0 aromatic carbocycles.